The summed E-state index contributed by atoms with van der Waals surface area (Å²) in [5, 5.41) is 2.98. The summed E-state index contributed by atoms with van der Waals surface area (Å²) in [6, 6.07) is 6.82. The van der Waals surface area contributed by atoms with Crippen LogP contribution < -0.4 is 15.8 Å². The molecule has 1 aromatic rings. The number of benzene rings is 1. The average Bonchev–Trinajstić information content (AvgIpc) is 2.52. The third kappa shape index (κ3) is 5.84. The summed E-state index contributed by atoms with van der Waals surface area (Å²) >= 11 is 0. The Labute approximate surface area is 144 Å². The Morgan fingerprint density at radius 2 is 1.91 bits per heavy atom. The van der Waals surface area contributed by atoms with Gasteiger partial charge in [0.1, 0.15) is 5.75 Å². The summed E-state index contributed by atoms with van der Waals surface area (Å²) in [6.07, 6.45) is 0.863. The average molecular weight is 343 g/mol. The molecule has 0 saturated heterocycles. The summed E-state index contributed by atoms with van der Waals surface area (Å²) < 4.78 is 5.64. The first-order valence-corrected chi connectivity index (χ1v) is 7.67. The van der Waals surface area contributed by atoms with Crippen molar-refractivity contribution in [1.29, 1.82) is 0 Å². The van der Waals surface area contributed by atoms with Crippen molar-refractivity contribution >= 4 is 24.1 Å². The normalized spacial score (nSPS) is 12.0. The minimum atomic E-state index is -0.661. The van der Waals surface area contributed by atoms with Gasteiger partial charge in [0.2, 0.25) is 0 Å². The van der Waals surface area contributed by atoms with Gasteiger partial charge in [0, 0.05) is 12.1 Å². The smallest absolute Gasteiger partial charge is 0.261 e. The first kappa shape index (κ1) is 21.4. The van der Waals surface area contributed by atoms with E-state index in [1.165, 1.54) is 6.92 Å². The van der Waals surface area contributed by atoms with E-state index in [0.717, 1.165) is 12.8 Å². The largest absolute Gasteiger partial charge is 0.481 e. The highest BCUT2D eigenvalue weighted by atomic mass is 35.5. The van der Waals surface area contributed by atoms with Crippen molar-refractivity contribution < 1.29 is 14.3 Å². The Balaban J connectivity index is 0.00000484. The lowest BCUT2D eigenvalue weighted by Crippen LogP contribution is -2.55. The fraction of sp³-hybridized carbons (Fsp3) is 0.529. The Hall–Kier alpha value is -1.59. The summed E-state index contributed by atoms with van der Waals surface area (Å²) in [7, 11) is 0. The lowest BCUT2D eigenvalue weighted by molar-refractivity contribution is -0.129. The molecule has 0 heterocycles. The van der Waals surface area contributed by atoms with Gasteiger partial charge in [0.15, 0.2) is 11.9 Å². The maximum atomic E-state index is 12.3. The lowest BCUT2D eigenvalue weighted by Gasteiger charge is -2.32. The van der Waals surface area contributed by atoms with Crippen molar-refractivity contribution in [2.24, 2.45) is 5.73 Å². The highest BCUT2D eigenvalue weighted by Gasteiger charge is 2.29. The van der Waals surface area contributed by atoms with E-state index in [2.05, 4.69) is 5.32 Å². The minimum Gasteiger partial charge on any atom is -0.481 e. The molecule has 0 spiro atoms. The van der Waals surface area contributed by atoms with E-state index in [4.69, 9.17) is 10.5 Å². The van der Waals surface area contributed by atoms with Crippen LogP contribution in [0.3, 0.4) is 0 Å². The molecule has 1 atom stereocenters. The molecule has 1 aromatic carbocycles. The maximum Gasteiger partial charge on any atom is 0.261 e. The molecule has 0 aromatic heterocycles. The van der Waals surface area contributed by atoms with Crippen molar-refractivity contribution in [1.82, 2.24) is 5.32 Å². The molecule has 3 N–H and O–H groups in total. The van der Waals surface area contributed by atoms with Gasteiger partial charge in [0.05, 0.1) is 5.54 Å². The first-order valence-electron chi connectivity index (χ1n) is 7.67. The molecule has 1 rings (SSSR count). The molecule has 0 bridgehead atoms. The number of halogens is 1. The lowest BCUT2D eigenvalue weighted by atomic mass is 9.92. The van der Waals surface area contributed by atoms with Crippen LogP contribution >= 0.6 is 12.4 Å². The topological polar surface area (TPSA) is 81.4 Å². The zero-order valence-corrected chi connectivity index (χ0v) is 15.0. The highest BCUT2D eigenvalue weighted by molar-refractivity contribution is 5.94. The van der Waals surface area contributed by atoms with Crippen molar-refractivity contribution in [3.8, 4) is 5.75 Å². The number of Topliss-reactive ketones (excluding diaryl/α,β-unsaturated/α-hetero) is 1. The van der Waals surface area contributed by atoms with Gasteiger partial charge in [-0.25, -0.2) is 0 Å². The second-order valence-corrected chi connectivity index (χ2v) is 5.52. The van der Waals surface area contributed by atoms with E-state index in [1.54, 1.807) is 31.2 Å². The van der Waals surface area contributed by atoms with Gasteiger partial charge in [-0.2, -0.15) is 0 Å². The van der Waals surface area contributed by atoms with E-state index < -0.39 is 11.6 Å². The second-order valence-electron chi connectivity index (χ2n) is 5.52. The van der Waals surface area contributed by atoms with Crippen molar-refractivity contribution in [2.45, 2.75) is 52.2 Å². The molecular formula is C17H27ClN2O3. The molecule has 0 aliphatic carbocycles. The summed E-state index contributed by atoms with van der Waals surface area (Å²) in [6.45, 7) is 7.56. The SMILES string of the molecule is CCC(CC)(CN)NC(=O)C(C)Oc1cccc(C(C)=O)c1.Cl. The summed E-state index contributed by atoms with van der Waals surface area (Å²) in [5.41, 5.74) is 5.96. The highest BCUT2D eigenvalue weighted by Crippen LogP contribution is 2.17. The number of amides is 1. The zero-order chi connectivity index (χ0) is 16.8. The molecule has 0 radical (unpaired) electrons. The molecule has 0 fully saturated rings. The molecule has 6 heteroatoms. The number of hydrogen-bond acceptors (Lipinski definition) is 4. The number of ether oxygens (including phenoxy) is 1. The number of carbonyl (C=O) groups excluding carboxylic acids is 2. The van der Waals surface area contributed by atoms with Gasteiger partial charge in [-0.3, -0.25) is 9.59 Å². The molecule has 0 aliphatic rings. The van der Waals surface area contributed by atoms with E-state index in [1.807, 2.05) is 13.8 Å². The third-order valence-electron chi connectivity index (χ3n) is 4.06. The first-order chi connectivity index (χ1) is 10.4. The molecule has 0 saturated carbocycles. The van der Waals surface area contributed by atoms with Crippen molar-refractivity contribution in [2.75, 3.05) is 6.54 Å². The van der Waals surface area contributed by atoms with Crippen LogP contribution in [0.1, 0.15) is 50.9 Å². The zero-order valence-electron chi connectivity index (χ0n) is 14.2. The van der Waals surface area contributed by atoms with E-state index in [9.17, 15) is 9.59 Å². The molecule has 1 unspecified atom stereocenters. The molecular weight excluding hydrogens is 316 g/mol. The number of nitrogens with two attached hydrogens (primary N) is 1. The van der Waals surface area contributed by atoms with Crippen LogP contribution in [0, 0.1) is 0 Å². The van der Waals surface area contributed by atoms with Crippen LogP contribution in [0.4, 0.5) is 0 Å². The predicted molar refractivity (Wildman–Crippen MR) is 94.3 cm³/mol. The van der Waals surface area contributed by atoms with Crippen LogP contribution in [0.2, 0.25) is 0 Å². The second kappa shape index (κ2) is 9.53. The van der Waals surface area contributed by atoms with Crippen molar-refractivity contribution in [3.05, 3.63) is 29.8 Å². The number of hydrogen-bond donors (Lipinski definition) is 2. The number of carbonyl (C=O) groups is 2. The molecule has 130 valence electrons. The van der Waals surface area contributed by atoms with E-state index >= 15 is 0 Å². The third-order valence-corrected chi connectivity index (χ3v) is 4.06. The fourth-order valence-corrected chi connectivity index (χ4v) is 2.18. The Morgan fingerprint density at radius 1 is 1.30 bits per heavy atom. The van der Waals surface area contributed by atoms with Gasteiger partial charge in [-0.15, -0.1) is 12.4 Å². The Bertz CT molecular complexity index is 522. The molecule has 5 nitrogen and oxygen atoms in total. The molecule has 1 amide bonds. The van der Waals surface area contributed by atoms with Crippen LogP contribution in [0.5, 0.6) is 5.75 Å². The Morgan fingerprint density at radius 3 is 2.39 bits per heavy atom. The fourth-order valence-electron chi connectivity index (χ4n) is 2.18. The molecule has 0 aliphatic heterocycles. The standard InChI is InChI=1S/C17H26N2O3.ClH/c1-5-17(6-2,11-18)19-16(21)13(4)22-15-9-7-8-14(10-15)12(3)20;/h7-10,13H,5-6,11,18H2,1-4H3,(H,19,21);1H. The van der Waals surface area contributed by atoms with Crippen molar-refractivity contribution in [3.63, 3.8) is 0 Å². The van der Waals surface area contributed by atoms with E-state index in [-0.39, 0.29) is 24.1 Å². The summed E-state index contributed by atoms with van der Waals surface area (Å²) in [4.78, 5) is 23.7. The van der Waals surface area contributed by atoms with Gasteiger partial charge < -0.3 is 15.8 Å². The van der Waals surface area contributed by atoms with Crippen LogP contribution in [0.15, 0.2) is 24.3 Å². The number of rotatable bonds is 8. The van der Waals surface area contributed by atoms with Crippen LogP contribution in [-0.2, 0) is 4.79 Å². The van der Waals surface area contributed by atoms with Crippen LogP contribution in [0.25, 0.3) is 0 Å². The minimum absolute atomic E-state index is 0. The Kier molecular flexibility index (Phi) is 8.87. The molecule has 23 heavy (non-hydrogen) atoms. The number of nitrogens with one attached hydrogen (secondary N) is 1. The summed E-state index contributed by atoms with van der Waals surface area (Å²) in [5.74, 6) is 0.255. The van der Waals surface area contributed by atoms with Crippen LogP contribution in [-0.4, -0.2) is 29.9 Å². The quantitative estimate of drug-likeness (QED) is 0.712. The van der Waals surface area contributed by atoms with Gasteiger partial charge in [-0.1, -0.05) is 26.0 Å². The van der Waals surface area contributed by atoms with Gasteiger partial charge in [-0.05, 0) is 38.8 Å². The predicted octanol–water partition coefficient (Wildman–Crippen LogP) is 2.71. The maximum absolute atomic E-state index is 12.3. The number of ketones is 1. The van der Waals surface area contributed by atoms with Gasteiger partial charge in [0.25, 0.3) is 5.91 Å². The van der Waals surface area contributed by atoms with Gasteiger partial charge >= 0.3 is 0 Å². The van der Waals surface area contributed by atoms with E-state index in [0.29, 0.717) is 17.9 Å². The monoisotopic (exact) mass is 342 g/mol.